The van der Waals surface area contributed by atoms with Crippen LogP contribution in [-0.2, 0) is 0 Å². The van der Waals surface area contributed by atoms with Crippen LogP contribution in [0.2, 0.25) is 0 Å². The summed E-state index contributed by atoms with van der Waals surface area (Å²) in [6.07, 6.45) is 4.25. The van der Waals surface area contributed by atoms with Crippen molar-refractivity contribution in [2.24, 2.45) is 0 Å². The third kappa shape index (κ3) is 2.59. The fourth-order valence-corrected chi connectivity index (χ4v) is 2.22. The van der Waals surface area contributed by atoms with Gasteiger partial charge in [-0.3, -0.25) is 4.72 Å². The Kier molecular flexibility index (Phi) is 2.76. The molecule has 1 fully saturated rings. The van der Waals surface area contributed by atoms with Crippen LogP contribution in [-0.4, -0.2) is 11.0 Å². The number of pyridine rings is 1. The van der Waals surface area contributed by atoms with Crippen molar-refractivity contribution in [2.75, 3.05) is 5.73 Å². The molecule has 13 heavy (non-hydrogen) atoms. The molecule has 1 saturated carbocycles. The van der Waals surface area contributed by atoms with E-state index in [9.17, 15) is 0 Å². The number of rotatable bonds is 3. The van der Waals surface area contributed by atoms with Crippen LogP contribution in [0.15, 0.2) is 21.6 Å². The van der Waals surface area contributed by atoms with Gasteiger partial charge in [0.05, 0.1) is 4.90 Å². The van der Waals surface area contributed by atoms with Crippen LogP contribution >= 0.6 is 27.9 Å². The van der Waals surface area contributed by atoms with E-state index in [4.69, 9.17) is 5.73 Å². The fraction of sp³-hybridized carbons (Fsp3) is 0.375. The maximum absolute atomic E-state index is 5.70. The maximum Gasteiger partial charge on any atom is 0.138 e. The topological polar surface area (TPSA) is 50.9 Å². The Bertz CT molecular complexity index is 314. The zero-order valence-electron chi connectivity index (χ0n) is 6.96. The van der Waals surface area contributed by atoms with Crippen LogP contribution in [0.1, 0.15) is 12.8 Å². The predicted octanol–water partition coefficient (Wildman–Crippen LogP) is 2.19. The van der Waals surface area contributed by atoms with Crippen molar-refractivity contribution in [3.05, 3.63) is 16.7 Å². The lowest BCUT2D eigenvalue weighted by Crippen LogP contribution is -2.06. The molecule has 1 aliphatic carbocycles. The van der Waals surface area contributed by atoms with Gasteiger partial charge in [0.2, 0.25) is 0 Å². The van der Waals surface area contributed by atoms with Crippen LogP contribution in [0.5, 0.6) is 0 Å². The number of aromatic nitrogens is 1. The highest BCUT2D eigenvalue weighted by molar-refractivity contribution is 9.10. The molecule has 0 bridgehead atoms. The van der Waals surface area contributed by atoms with Gasteiger partial charge in [-0.25, -0.2) is 4.98 Å². The molecule has 2 rings (SSSR count). The van der Waals surface area contributed by atoms with Gasteiger partial charge in [-0.1, -0.05) is 0 Å². The number of hydrogen-bond acceptors (Lipinski definition) is 4. The summed E-state index contributed by atoms with van der Waals surface area (Å²) >= 11 is 4.92. The highest BCUT2D eigenvalue weighted by Crippen LogP contribution is 2.28. The van der Waals surface area contributed by atoms with Crippen LogP contribution < -0.4 is 10.5 Å². The maximum atomic E-state index is 5.70. The number of nitrogens with one attached hydrogen (secondary N) is 1. The fourth-order valence-electron chi connectivity index (χ4n) is 0.861. The summed E-state index contributed by atoms with van der Waals surface area (Å²) in [6, 6.07) is 2.64. The standard InChI is InChI=1S/C8H10BrN3S/c9-5-3-7(8(10)11-4-5)13-12-6-1-2-6/h3-4,6,12H,1-2H2,(H2,10,11). The van der Waals surface area contributed by atoms with Crippen molar-refractivity contribution in [1.82, 2.24) is 9.71 Å². The minimum absolute atomic E-state index is 0.585. The molecular weight excluding hydrogens is 250 g/mol. The van der Waals surface area contributed by atoms with Crippen LogP contribution in [0, 0.1) is 0 Å². The van der Waals surface area contributed by atoms with Crippen molar-refractivity contribution in [2.45, 2.75) is 23.8 Å². The van der Waals surface area contributed by atoms with E-state index in [1.165, 1.54) is 12.8 Å². The van der Waals surface area contributed by atoms with E-state index in [0.717, 1.165) is 9.37 Å². The number of anilines is 1. The highest BCUT2D eigenvalue weighted by Gasteiger charge is 2.21. The molecule has 70 valence electrons. The van der Waals surface area contributed by atoms with Gasteiger partial charge >= 0.3 is 0 Å². The first-order chi connectivity index (χ1) is 6.25. The van der Waals surface area contributed by atoms with Gasteiger partial charge in [-0.15, -0.1) is 0 Å². The third-order valence-electron chi connectivity index (χ3n) is 1.76. The van der Waals surface area contributed by atoms with Crippen molar-refractivity contribution in [3.63, 3.8) is 0 Å². The number of nitrogens with zero attached hydrogens (tertiary/aromatic N) is 1. The Morgan fingerprint density at radius 2 is 2.38 bits per heavy atom. The highest BCUT2D eigenvalue weighted by atomic mass is 79.9. The van der Waals surface area contributed by atoms with Crippen LogP contribution in [0.3, 0.4) is 0 Å². The molecule has 0 spiro atoms. The van der Waals surface area contributed by atoms with Crippen molar-refractivity contribution >= 4 is 33.7 Å². The second-order valence-electron chi connectivity index (χ2n) is 3.03. The Morgan fingerprint density at radius 1 is 1.62 bits per heavy atom. The SMILES string of the molecule is Nc1ncc(Br)cc1SNC1CC1. The zero-order valence-corrected chi connectivity index (χ0v) is 9.36. The lowest BCUT2D eigenvalue weighted by atomic mass is 10.5. The summed E-state index contributed by atoms with van der Waals surface area (Å²) in [5.41, 5.74) is 5.70. The van der Waals surface area contributed by atoms with E-state index in [1.807, 2.05) is 6.07 Å². The second kappa shape index (κ2) is 3.86. The van der Waals surface area contributed by atoms with Gasteiger partial charge in [0, 0.05) is 16.7 Å². The van der Waals surface area contributed by atoms with E-state index >= 15 is 0 Å². The molecule has 0 unspecified atom stereocenters. The Balaban J connectivity index is 2.03. The van der Waals surface area contributed by atoms with E-state index in [0.29, 0.717) is 11.9 Å². The van der Waals surface area contributed by atoms with E-state index < -0.39 is 0 Å². The van der Waals surface area contributed by atoms with Crippen LogP contribution in [0.25, 0.3) is 0 Å². The summed E-state index contributed by atoms with van der Waals surface area (Å²) in [4.78, 5) is 5.03. The third-order valence-corrected chi connectivity index (χ3v) is 3.19. The first-order valence-electron chi connectivity index (χ1n) is 4.09. The molecule has 1 aliphatic rings. The minimum Gasteiger partial charge on any atom is -0.383 e. The molecule has 0 amide bonds. The molecule has 1 aromatic heterocycles. The predicted molar refractivity (Wildman–Crippen MR) is 58.4 cm³/mol. The average molecular weight is 260 g/mol. The summed E-state index contributed by atoms with van der Waals surface area (Å²) in [6.45, 7) is 0. The molecule has 5 heteroatoms. The second-order valence-corrected chi connectivity index (χ2v) is 4.83. The largest absolute Gasteiger partial charge is 0.383 e. The normalized spacial score (nSPS) is 16.1. The molecule has 3 nitrogen and oxygen atoms in total. The van der Waals surface area contributed by atoms with Crippen molar-refractivity contribution < 1.29 is 0 Å². The Morgan fingerprint density at radius 3 is 3.08 bits per heavy atom. The number of halogens is 1. The van der Waals surface area contributed by atoms with Gasteiger partial charge in [-0.2, -0.15) is 0 Å². The molecule has 3 N–H and O–H groups in total. The smallest absolute Gasteiger partial charge is 0.138 e. The molecule has 0 aliphatic heterocycles. The lowest BCUT2D eigenvalue weighted by molar-refractivity contribution is 0.969. The number of nitrogen functional groups attached to an aromatic ring is 1. The molecule has 0 aromatic carbocycles. The monoisotopic (exact) mass is 259 g/mol. The molecular formula is C8H10BrN3S. The summed E-state index contributed by atoms with van der Waals surface area (Å²) in [5, 5.41) is 0. The van der Waals surface area contributed by atoms with Gasteiger partial charge in [-0.05, 0) is 46.8 Å². The number of nitrogens with two attached hydrogens (primary N) is 1. The summed E-state index contributed by atoms with van der Waals surface area (Å²) in [7, 11) is 0. The van der Waals surface area contributed by atoms with E-state index in [1.54, 1.807) is 18.1 Å². The van der Waals surface area contributed by atoms with E-state index in [-0.39, 0.29) is 0 Å². The molecule has 0 radical (unpaired) electrons. The van der Waals surface area contributed by atoms with Gasteiger partial charge in [0.25, 0.3) is 0 Å². The Hall–Kier alpha value is -0.260. The first kappa shape index (κ1) is 9.30. The molecule has 1 heterocycles. The average Bonchev–Trinajstić information content (AvgIpc) is 2.90. The van der Waals surface area contributed by atoms with Crippen molar-refractivity contribution in [3.8, 4) is 0 Å². The lowest BCUT2D eigenvalue weighted by Gasteiger charge is -2.04. The first-order valence-corrected chi connectivity index (χ1v) is 5.70. The van der Waals surface area contributed by atoms with Gasteiger partial charge in [0.15, 0.2) is 0 Å². The zero-order chi connectivity index (χ0) is 9.26. The molecule has 0 atom stereocenters. The quantitative estimate of drug-likeness (QED) is 0.818. The Labute approximate surface area is 89.8 Å². The van der Waals surface area contributed by atoms with Gasteiger partial charge < -0.3 is 5.73 Å². The van der Waals surface area contributed by atoms with Gasteiger partial charge in [0.1, 0.15) is 5.82 Å². The molecule has 0 saturated heterocycles. The minimum atomic E-state index is 0.585. The molecule has 1 aromatic rings. The van der Waals surface area contributed by atoms with Crippen molar-refractivity contribution in [1.29, 1.82) is 0 Å². The summed E-state index contributed by atoms with van der Waals surface area (Å²) in [5.74, 6) is 0.585. The van der Waals surface area contributed by atoms with Crippen LogP contribution in [0.4, 0.5) is 5.82 Å². The summed E-state index contributed by atoms with van der Waals surface area (Å²) < 4.78 is 4.28. The number of hydrogen-bond donors (Lipinski definition) is 2. The van der Waals surface area contributed by atoms with E-state index in [2.05, 4.69) is 25.6 Å².